The minimum absolute atomic E-state index is 0.0836. The van der Waals surface area contributed by atoms with E-state index in [0.29, 0.717) is 23.3 Å². The lowest BCUT2D eigenvalue weighted by Gasteiger charge is -2.35. The second kappa shape index (κ2) is 9.16. The summed E-state index contributed by atoms with van der Waals surface area (Å²) >= 11 is 12.4. The van der Waals surface area contributed by atoms with Crippen LogP contribution in [0.25, 0.3) is 0 Å². The molecule has 1 atom stereocenters. The Bertz CT molecular complexity index is 405. The molecule has 0 aromatic rings. The first-order valence-corrected chi connectivity index (χ1v) is 9.26. The molecule has 21 heavy (non-hydrogen) atoms. The minimum atomic E-state index is 0.0836. The van der Waals surface area contributed by atoms with Gasteiger partial charge in [0.05, 0.1) is 12.5 Å². The molecule has 0 bridgehead atoms. The molecule has 0 saturated carbocycles. The third-order valence-electron chi connectivity index (χ3n) is 3.97. The van der Waals surface area contributed by atoms with E-state index < -0.39 is 0 Å². The molecule has 0 N–H and O–H groups in total. The number of ether oxygens (including phenoxy) is 1. The molecule has 2 nitrogen and oxygen atoms in total. The van der Waals surface area contributed by atoms with Gasteiger partial charge in [-0.15, -0.1) is 11.6 Å². The predicted molar refractivity (Wildman–Crippen MR) is 96.3 cm³/mol. The van der Waals surface area contributed by atoms with Gasteiger partial charge < -0.3 is 4.74 Å². The van der Waals surface area contributed by atoms with Crippen molar-refractivity contribution in [2.75, 3.05) is 12.5 Å². The molecule has 1 rings (SSSR count). The molecule has 0 spiro atoms. The molecule has 120 valence electrons. The number of Topliss-reactive ketones (excluding diaryl/α,β-unsaturated/α-hetero) is 1. The monoisotopic (exact) mass is 348 g/mol. The highest BCUT2D eigenvalue weighted by Gasteiger charge is 2.32. The van der Waals surface area contributed by atoms with Gasteiger partial charge >= 0.3 is 0 Å². The number of alkyl halides is 1. The summed E-state index contributed by atoms with van der Waals surface area (Å²) < 4.78 is 6.12. The number of ketones is 1. The summed E-state index contributed by atoms with van der Waals surface area (Å²) in [7, 11) is 0. The van der Waals surface area contributed by atoms with Gasteiger partial charge in [-0.05, 0) is 64.6 Å². The minimum Gasteiger partial charge on any atom is -0.479 e. The number of allylic oxidation sites excluding steroid dienone is 2. The zero-order valence-electron chi connectivity index (χ0n) is 13.1. The van der Waals surface area contributed by atoms with Crippen LogP contribution in [0.4, 0.5) is 0 Å². The van der Waals surface area contributed by atoms with E-state index in [1.54, 1.807) is 11.8 Å². The summed E-state index contributed by atoms with van der Waals surface area (Å²) in [5, 5.41) is 0. The lowest BCUT2D eigenvalue weighted by Crippen LogP contribution is -2.30. The fraction of sp³-hybridized carbons (Fsp3) is 0.750. The largest absolute Gasteiger partial charge is 0.479 e. The van der Waals surface area contributed by atoms with E-state index in [0.717, 1.165) is 25.7 Å². The van der Waals surface area contributed by atoms with Crippen molar-refractivity contribution in [1.29, 1.82) is 0 Å². The zero-order chi connectivity index (χ0) is 15.9. The molecule has 0 aromatic carbocycles. The summed E-state index contributed by atoms with van der Waals surface area (Å²) in [6.45, 7) is 7.07. The molecule has 0 aliphatic heterocycles. The van der Waals surface area contributed by atoms with Crippen molar-refractivity contribution < 1.29 is 9.53 Å². The Hall–Kier alpha value is -0.0600. The normalized spacial score (nSPS) is 19.0. The first-order valence-electron chi connectivity index (χ1n) is 7.50. The standard InChI is InChI=1S/C16H25ClO2S2/c1-4-19-15(20)21-16(2,3)13-8-5-12(6-9-13)7-10-14(18)11-17/h5,13H,4,6-11H2,1-3H3/t13-/m0/s1. The molecular weight excluding hydrogens is 324 g/mol. The highest BCUT2D eigenvalue weighted by molar-refractivity contribution is 8.23. The van der Waals surface area contributed by atoms with Gasteiger partial charge in [-0.1, -0.05) is 23.4 Å². The number of hydrogen-bond donors (Lipinski definition) is 0. The maximum Gasteiger partial charge on any atom is 0.220 e. The Labute approximate surface area is 143 Å². The van der Waals surface area contributed by atoms with Crippen LogP contribution >= 0.6 is 35.6 Å². The quantitative estimate of drug-likeness (QED) is 0.362. The molecule has 0 amide bonds. The predicted octanol–water partition coefficient (Wildman–Crippen LogP) is 5.13. The van der Waals surface area contributed by atoms with Crippen molar-refractivity contribution >= 4 is 45.7 Å². The van der Waals surface area contributed by atoms with Gasteiger partial charge in [0.1, 0.15) is 5.78 Å². The number of carbonyl (C=O) groups excluding carboxylic acids is 1. The Morgan fingerprint density at radius 1 is 1.57 bits per heavy atom. The molecular formula is C16H25ClO2S2. The summed E-state index contributed by atoms with van der Waals surface area (Å²) in [5.41, 5.74) is 1.40. The van der Waals surface area contributed by atoms with E-state index in [2.05, 4.69) is 19.9 Å². The van der Waals surface area contributed by atoms with Crippen molar-refractivity contribution in [2.45, 2.75) is 57.6 Å². The zero-order valence-corrected chi connectivity index (χ0v) is 15.5. The average molecular weight is 349 g/mol. The number of thioether (sulfide) groups is 1. The van der Waals surface area contributed by atoms with Crippen LogP contribution in [0.1, 0.15) is 52.9 Å². The maximum absolute atomic E-state index is 11.3. The fourth-order valence-electron chi connectivity index (χ4n) is 2.56. The van der Waals surface area contributed by atoms with E-state index in [4.69, 9.17) is 28.6 Å². The van der Waals surface area contributed by atoms with Crippen LogP contribution in [-0.2, 0) is 9.53 Å². The van der Waals surface area contributed by atoms with Crippen LogP contribution in [0.3, 0.4) is 0 Å². The number of rotatable bonds is 7. The van der Waals surface area contributed by atoms with Crippen LogP contribution in [-0.4, -0.2) is 27.4 Å². The van der Waals surface area contributed by atoms with Gasteiger partial charge in [0.15, 0.2) is 0 Å². The van der Waals surface area contributed by atoms with Gasteiger partial charge in [0.25, 0.3) is 0 Å². The second-order valence-corrected chi connectivity index (χ2v) is 8.42. The SMILES string of the molecule is CCOC(=S)SC(C)(C)[C@H]1CC=C(CCC(=O)CCl)CC1. The van der Waals surface area contributed by atoms with Crippen LogP contribution in [0.15, 0.2) is 11.6 Å². The summed E-state index contributed by atoms with van der Waals surface area (Å²) in [4.78, 5) is 11.3. The van der Waals surface area contributed by atoms with Gasteiger partial charge in [-0.3, -0.25) is 4.79 Å². The molecule has 0 aromatic heterocycles. The van der Waals surface area contributed by atoms with E-state index in [9.17, 15) is 4.79 Å². The van der Waals surface area contributed by atoms with E-state index in [1.807, 2.05) is 6.92 Å². The van der Waals surface area contributed by atoms with Crippen molar-refractivity contribution in [3.63, 3.8) is 0 Å². The molecule has 0 radical (unpaired) electrons. The van der Waals surface area contributed by atoms with Gasteiger partial charge in [-0.2, -0.15) is 0 Å². The second-order valence-electron chi connectivity index (χ2n) is 5.89. The fourth-order valence-corrected chi connectivity index (χ4v) is 4.44. The lowest BCUT2D eigenvalue weighted by molar-refractivity contribution is -0.116. The summed E-state index contributed by atoms with van der Waals surface area (Å²) in [6.07, 6.45) is 7.03. The van der Waals surface area contributed by atoms with Gasteiger partial charge in [0, 0.05) is 11.2 Å². The van der Waals surface area contributed by atoms with E-state index in [-0.39, 0.29) is 16.4 Å². The molecule has 0 saturated heterocycles. The Morgan fingerprint density at radius 2 is 2.29 bits per heavy atom. The Morgan fingerprint density at radius 3 is 2.81 bits per heavy atom. The van der Waals surface area contributed by atoms with Crippen molar-refractivity contribution in [3.05, 3.63) is 11.6 Å². The summed E-state index contributed by atoms with van der Waals surface area (Å²) in [5.74, 6) is 0.861. The van der Waals surface area contributed by atoms with Crippen LogP contribution in [0.2, 0.25) is 0 Å². The smallest absolute Gasteiger partial charge is 0.220 e. The Kier molecular flexibility index (Phi) is 8.28. The maximum atomic E-state index is 11.3. The molecule has 0 heterocycles. The van der Waals surface area contributed by atoms with Crippen LogP contribution in [0.5, 0.6) is 0 Å². The number of hydrogen-bond acceptors (Lipinski definition) is 4. The molecule has 5 heteroatoms. The van der Waals surface area contributed by atoms with Gasteiger partial charge in [-0.25, -0.2) is 0 Å². The Balaban J connectivity index is 2.48. The van der Waals surface area contributed by atoms with Crippen molar-refractivity contribution in [2.24, 2.45) is 5.92 Å². The van der Waals surface area contributed by atoms with Crippen LogP contribution < -0.4 is 0 Å². The molecule has 1 aliphatic rings. The number of thiocarbonyl (C=S) groups is 1. The van der Waals surface area contributed by atoms with Crippen molar-refractivity contribution in [3.8, 4) is 0 Å². The molecule has 1 aliphatic carbocycles. The lowest BCUT2D eigenvalue weighted by atomic mass is 9.81. The van der Waals surface area contributed by atoms with E-state index >= 15 is 0 Å². The van der Waals surface area contributed by atoms with Crippen molar-refractivity contribution in [1.82, 2.24) is 0 Å². The van der Waals surface area contributed by atoms with Crippen LogP contribution in [0, 0.1) is 5.92 Å². The highest BCUT2D eigenvalue weighted by atomic mass is 35.5. The van der Waals surface area contributed by atoms with E-state index in [1.165, 1.54) is 5.57 Å². The first-order chi connectivity index (χ1) is 9.89. The highest BCUT2D eigenvalue weighted by Crippen LogP contribution is 2.41. The number of halogens is 1. The first kappa shape index (κ1) is 19.0. The van der Waals surface area contributed by atoms with Gasteiger partial charge in [0.2, 0.25) is 4.38 Å². The topological polar surface area (TPSA) is 26.3 Å². The number of carbonyl (C=O) groups is 1. The summed E-state index contributed by atoms with van der Waals surface area (Å²) in [6, 6.07) is 0. The molecule has 0 fully saturated rings. The average Bonchev–Trinajstić information content (AvgIpc) is 2.44. The third-order valence-corrected chi connectivity index (χ3v) is 5.78. The third kappa shape index (κ3) is 6.70. The molecule has 0 unspecified atom stereocenters.